The lowest BCUT2D eigenvalue weighted by molar-refractivity contribution is -0.123. The van der Waals surface area contributed by atoms with E-state index in [2.05, 4.69) is 10.6 Å². The number of halogens is 1. The van der Waals surface area contributed by atoms with Crippen LogP contribution in [0.3, 0.4) is 0 Å². The zero-order valence-corrected chi connectivity index (χ0v) is 19.3. The molecule has 1 atom stereocenters. The number of hydrogen-bond acceptors (Lipinski definition) is 4. The molecule has 9 heteroatoms. The average Bonchev–Trinajstić information content (AvgIpc) is 3.27. The van der Waals surface area contributed by atoms with Crippen molar-refractivity contribution in [2.75, 3.05) is 28.3 Å². The van der Waals surface area contributed by atoms with Crippen LogP contribution in [0.1, 0.15) is 31.2 Å². The van der Waals surface area contributed by atoms with Crippen molar-refractivity contribution in [3.05, 3.63) is 59.9 Å². The number of carbonyl (C=O) groups excluding carboxylic acids is 3. The van der Waals surface area contributed by atoms with Crippen molar-refractivity contribution in [3.63, 3.8) is 0 Å². The number of nitrogens with zero attached hydrogens (tertiary/aromatic N) is 1. The van der Waals surface area contributed by atoms with Gasteiger partial charge < -0.3 is 15.5 Å². The molecule has 2 N–H and O–H groups in total. The van der Waals surface area contributed by atoms with Crippen LogP contribution in [0.15, 0.2) is 48.5 Å². The standard InChI is InChI=1S/C24H28FN3O4S/c1-17-6-2-5-9-21(17)28(14-22(29)26-19-7-3-4-8-19)24(31)16-33(32)15-23(30)27-20-12-10-18(25)11-13-20/h2,5-6,9-13,19H,3-4,7-8,14-16H2,1H3,(H,26,29)(H,27,30)/t33-/m0/s1. The summed E-state index contributed by atoms with van der Waals surface area (Å²) in [4.78, 5) is 39.1. The lowest BCUT2D eigenvalue weighted by atomic mass is 10.1. The first-order valence-electron chi connectivity index (χ1n) is 10.9. The van der Waals surface area contributed by atoms with Gasteiger partial charge in [0.2, 0.25) is 17.7 Å². The van der Waals surface area contributed by atoms with E-state index in [9.17, 15) is 23.0 Å². The number of amides is 3. The second-order valence-corrected chi connectivity index (χ2v) is 9.56. The molecule has 0 spiro atoms. The minimum atomic E-state index is -1.79. The molecule has 7 nitrogen and oxygen atoms in total. The molecule has 0 bridgehead atoms. The molecule has 0 unspecified atom stereocenters. The molecule has 2 aromatic rings. The Balaban J connectivity index is 1.62. The first-order chi connectivity index (χ1) is 15.8. The fourth-order valence-corrected chi connectivity index (χ4v) is 4.70. The third-order valence-electron chi connectivity index (χ3n) is 5.43. The molecule has 1 fully saturated rings. The predicted molar refractivity (Wildman–Crippen MR) is 127 cm³/mol. The van der Waals surface area contributed by atoms with E-state index in [0.717, 1.165) is 31.2 Å². The highest BCUT2D eigenvalue weighted by Crippen LogP contribution is 2.21. The van der Waals surface area contributed by atoms with Crippen LogP contribution in [0.25, 0.3) is 0 Å². The smallest absolute Gasteiger partial charge is 0.240 e. The van der Waals surface area contributed by atoms with E-state index in [-0.39, 0.29) is 24.2 Å². The maximum absolute atomic E-state index is 13.0. The Morgan fingerprint density at radius 2 is 1.67 bits per heavy atom. The summed E-state index contributed by atoms with van der Waals surface area (Å²) in [5, 5.41) is 5.50. The van der Waals surface area contributed by atoms with Gasteiger partial charge in [0.05, 0.1) is 0 Å². The number of benzene rings is 2. The first kappa shape index (κ1) is 24.6. The fraction of sp³-hybridized carbons (Fsp3) is 0.375. The molecular weight excluding hydrogens is 445 g/mol. The predicted octanol–water partition coefficient (Wildman–Crippen LogP) is 2.91. The number of nitrogens with one attached hydrogen (secondary N) is 2. The first-order valence-corrected chi connectivity index (χ1v) is 12.4. The lowest BCUT2D eigenvalue weighted by Gasteiger charge is -2.25. The minimum absolute atomic E-state index is 0.121. The number of rotatable bonds is 9. The summed E-state index contributed by atoms with van der Waals surface area (Å²) in [5.41, 5.74) is 1.74. The van der Waals surface area contributed by atoms with Gasteiger partial charge in [0, 0.05) is 28.2 Å². The SMILES string of the molecule is Cc1ccccc1N(CC(=O)NC1CCCC1)C(=O)C[S@@](=O)CC(=O)Nc1ccc(F)cc1. The summed E-state index contributed by atoms with van der Waals surface area (Å²) in [6.07, 6.45) is 4.00. The Morgan fingerprint density at radius 3 is 2.33 bits per heavy atom. The zero-order valence-electron chi connectivity index (χ0n) is 18.5. The Hall–Kier alpha value is -3.07. The van der Waals surface area contributed by atoms with Crippen LogP contribution in [0.4, 0.5) is 15.8 Å². The van der Waals surface area contributed by atoms with E-state index in [1.54, 1.807) is 12.1 Å². The molecule has 3 rings (SSSR count). The third kappa shape index (κ3) is 7.49. The topological polar surface area (TPSA) is 95.6 Å². The van der Waals surface area contributed by atoms with Crippen molar-refractivity contribution in [2.24, 2.45) is 0 Å². The molecule has 1 aliphatic carbocycles. The lowest BCUT2D eigenvalue weighted by Crippen LogP contribution is -2.45. The van der Waals surface area contributed by atoms with Crippen LogP contribution >= 0.6 is 0 Å². The van der Waals surface area contributed by atoms with Gasteiger partial charge >= 0.3 is 0 Å². The van der Waals surface area contributed by atoms with Crippen molar-refractivity contribution in [1.29, 1.82) is 0 Å². The number of hydrogen-bond donors (Lipinski definition) is 2. The maximum atomic E-state index is 13.0. The Morgan fingerprint density at radius 1 is 1.00 bits per heavy atom. The molecule has 0 aromatic heterocycles. The fourth-order valence-electron chi connectivity index (χ4n) is 3.80. The van der Waals surface area contributed by atoms with Crippen molar-refractivity contribution in [2.45, 2.75) is 38.6 Å². The van der Waals surface area contributed by atoms with Crippen LogP contribution in [0.5, 0.6) is 0 Å². The van der Waals surface area contributed by atoms with E-state index >= 15 is 0 Å². The van der Waals surface area contributed by atoms with Gasteiger partial charge in [-0.1, -0.05) is 31.0 Å². The minimum Gasteiger partial charge on any atom is -0.352 e. The quantitative estimate of drug-likeness (QED) is 0.585. The summed E-state index contributed by atoms with van der Waals surface area (Å²) < 4.78 is 25.5. The molecule has 0 saturated heterocycles. The van der Waals surface area contributed by atoms with E-state index in [1.165, 1.54) is 29.2 Å². The molecule has 33 heavy (non-hydrogen) atoms. The van der Waals surface area contributed by atoms with Crippen molar-refractivity contribution in [3.8, 4) is 0 Å². The van der Waals surface area contributed by atoms with E-state index in [0.29, 0.717) is 11.4 Å². The van der Waals surface area contributed by atoms with Gasteiger partial charge in [-0.15, -0.1) is 0 Å². The highest BCUT2D eigenvalue weighted by atomic mass is 32.2. The molecule has 1 aliphatic rings. The summed E-state index contributed by atoms with van der Waals surface area (Å²) in [5.74, 6) is -2.54. The van der Waals surface area contributed by atoms with Gasteiger partial charge in [-0.3, -0.25) is 18.6 Å². The second kappa shape index (κ2) is 11.7. The number of para-hydroxylation sites is 1. The Bertz CT molecular complexity index is 1020. The molecular formula is C24H28FN3O4S. The molecule has 1 saturated carbocycles. The van der Waals surface area contributed by atoms with Crippen molar-refractivity contribution in [1.82, 2.24) is 5.32 Å². The molecule has 2 aromatic carbocycles. The second-order valence-electron chi connectivity index (χ2n) is 8.10. The number of aryl methyl sites for hydroxylation is 1. The van der Waals surface area contributed by atoms with Crippen molar-refractivity contribution >= 4 is 39.9 Å². The summed E-state index contributed by atoms with van der Waals surface area (Å²) in [7, 11) is -1.79. The van der Waals surface area contributed by atoms with Gasteiger partial charge in [0.15, 0.2) is 0 Å². The average molecular weight is 474 g/mol. The third-order valence-corrected chi connectivity index (χ3v) is 6.59. The molecule has 176 valence electrons. The van der Waals surface area contributed by atoms with E-state index in [4.69, 9.17) is 0 Å². The maximum Gasteiger partial charge on any atom is 0.240 e. The Kier molecular flexibility index (Phi) is 8.71. The molecule has 0 aliphatic heterocycles. The van der Waals surface area contributed by atoms with Crippen LogP contribution in [0.2, 0.25) is 0 Å². The summed E-state index contributed by atoms with van der Waals surface area (Å²) in [6, 6.07) is 12.5. The highest BCUT2D eigenvalue weighted by molar-refractivity contribution is 7.86. The zero-order chi connectivity index (χ0) is 23.8. The summed E-state index contributed by atoms with van der Waals surface area (Å²) >= 11 is 0. The molecule has 3 amide bonds. The monoisotopic (exact) mass is 473 g/mol. The van der Waals surface area contributed by atoms with Crippen LogP contribution in [0, 0.1) is 12.7 Å². The van der Waals surface area contributed by atoms with Gasteiger partial charge in [-0.2, -0.15) is 0 Å². The van der Waals surface area contributed by atoms with Crippen LogP contribution < -0.4 is 15.5 Å². The van der Waals surface area contributed by atoms with E-state index in [1.807, 2.05) is 19.1 Å². The summed E-state index contributed by atoms with van der Waals surface area (Å²) in [6.45, 7) is 1.65. The van der Waals surface area contributed by atoms with Gasteiger partial charge in [0.25, 0.3) is 0 Å². The normalized spacial score (nSPS) is 14.5. The van der Waals surface area contributed by atoms with Crippen molar-refractivity contribution < 1.29 is 23.0 Å². The highest BCUT2D eigenvalue weighted by Gasteiger charge is 2.25. The number of carbonyl (C=O) groups is 3. The number of anilines is 2. The van der Waals surface area contributed by atoms with Crippen LogP contribution in [-0.4, -0.2) is 46.0 Å². The van der Waals surface area contributed by atoms with E-state index < -0.39 is 34.2 Å². The van der Waals surface area contributed by atoms with Gasteiger partial charge in [-0.05, 0) is 55.7 Å². The van der Waals surface area contributed by atoms with Gasteiger partial charge in [-0.25, -0.2) is 4.39 Å². The molecule has 0 heterocycles. The largest absolute Gasteiger partial charge is 0.352 e. The van der Waals surface area contributed by atoms with Crippen LogP contribution in [-0.2, 0) is 25.2 Å². The molecule has 0 radical (unpaired) electrons. The van der Waals surface area contributed by atoms with Gasteiger partial charge in [0.1, 0.15) is 23.9 Å². The Labute approximate surface area is 195 Å².